The molecule has 0 spiro atoms. The predicted molar refractivity (Wildman–Crippen MR) is 66.1 cm³/mol. The number of nitrogens with zero attached hydrogens (tertiary/aromatic N) is 2. The van der Waals surface area contributed by atoms with E-state index in [9.17, 15) is 0 Å². The van der Waals surface area contributed by atoms with Crippen molar-refractivity contribution in [3.8, 4) is 0 Å². The van der Waals surface area contributed by atoms with E-state index in [1.54, 1.807) is 0 Å². The lowest BCUT2D eigenvalue weighted by atomic mass is 9.84. The molecule has 1 unspecified atom stereocenters. The highest BCUT2D eigenvalue weighted by molar-refractivity contribution is 4.99. The molecule has 1 fully saturated rings. The van der Waals surface area contributed by atoms with Gasteiger partial charge in [-0.1, -0.05) is 19.3 Å². The SMILES string of the molecule is CC(NCc1ccnn1C)C1CCCCC1. The van der Waals surface area contributed by atoms with Crippen LogP contribution in [0.5, 0.6) is 0 Å². The third-order valence-electron chi connectivity index (χ3n) is 3.88. The molecule has 0 saturated heterocycles. The Hall–Kier alpha value is -0.830. The molecule has 0 bridgehead atoms. The smallest absolute Gasteiger partial charge is 0.0518 e. The van der Waals surface area contributed by atoms with Crippen LogP contribution in [0.4, 0.5) is 0 Å². The minimum atomic E-state index is 0.634. The third kappa shape index (κ3) is 2.85. The van der Waals surface area contributed by atoms with Gasteiger partial charge >= 0.3 is 0 Å². The van der Waals surface area contributed by atoms with Gasteiger partial charge < -0.3 is 5.32 Å². The summed E-state index contributed by atoms with van der Waals surface area (Å²) in [6, 6.07) is 2.72. The van der Waals surface area contributed by atoms with Gasteiger partial charge in [0.15, 0.2) is 0 Å². The van der Waals surface area contributed by atoms with Crippen LogP contribution >= 0.6 is 0 Å². The van der Waals surface area contributed by atoms with Gasteiger partial charge in [0, 0.05) is 25.8 Å². The van der Waals surface area contributed by atoms with E-state index in [2.05, 4.69) is 23.4 Å². The summed E-state index contributed by atoms with van der Waals surface area (Å²) in [6.07, 6.45) is 8.94. The average molecular weight is 221 g/mol. The Morgan fingerprint density at radius 2 is 2.19 bits per heavy atom. The Morgan fingerprint density at radius 3 is 2.81 bits per heavy atom. The summed E-state index contributed by atoms with van der Waals surface area (Å²) < 4.78 is 1.95. The fourth-order valence-corrected chi connectivity index (χ4v) is 2.64. The zero-order valence-corrected chi connectivity index (χ0v) is 10.4. The van der Waals surface area contributed by atoms with Gasteiger partial charge in [0.2, 0.25) is 0 Å². The second-order valence-corrected chi connectivity index (χ2v) is 5.01. The van der Waals surface area contributed by atoms with Crippen molar-refractivity contribution < 1.29 is 0 Å². The van der Waals surface area contributed by atoms with E-state index in [-0.39, 0.29) is 0 Å². The quantitative estimate of drug-likeness (QED) is 0.846. The zero-order chi connectivity index (χ0) is 11.4. The first-order chi connectivity index (χ1) is 7.77. The summed E-state index contributed by atoms with van der Waals surface area (Å²) in [6.45, 7) is 3.26. The molecule has 1 aromatic rings. The molecule has 1 aromatic heterocycles. The van der Waals surface area contributed by atoms with Crippen LogP contribution in [0, 0.1) is 5.92 Å². The van der Waals surface area contributed by atoms with Gasteiger partial charge in [-0.25, -0.2) is 0 Å². The number of hydrogen-bond donors (Lipinski definition) is 1. The monoisotopic (exact) mass is 221 g/mol. The maximum Gasteiger partial charge on any atom is 0.0518 e. The average Bonchev–Trinajstić information content (AvgIpc) is 2.73. The first-order valence-electron chi connectivity index (χ1n) is 6.47. The molecule has 3 nitrogen and oxygen atoms in total. The molecule has 1 N–H and O–H groups in total. The third-order valence-corrected chi connectivity index (χ3v) is 3.88. The summed E-state index contributed by atoms with van der Waals surface area (Å²) >= 11 is 0. The molecule has 16 heavy (non-hydrogen) atoms. The van der Waals surface area contributed by atoms with Gasteiger partial charge in [-0.2, -0.15) is 5.10 Å². The molecule has 1 atom stereocenters. The first-order valence-corrected chi connectivity index (χ1v) is 6.47. The maximum atomic E-state index is 4.18. The van der Waals surface area contributed by atoms with Crippen LogP contribution in [-0.2, 0) is 13.6 Å². The lowest BCUT2D eigenvalue weighted by Crippen LogP contribution is -2.34. The van der Waals surface area contributed by atoms with Crippen LogP contribution in [0.15, 0.2) is 12.3 Å². The van der Waals surface area contributed by atoms with Crippen LogP contribution in [0.3, 0.4) is 0 Å². The predicted octanol–water partition coefficient (Wildman–Crippen LogP) is 2.48. The molecular formula is C13H23N3. The molecular weight excluding hydrogens is 198 g/mol. The normalized spacial score (nSPS) is 19.9. The van der Waals surface area contributed by atoms with Crippen molar-refractivity contribution in [2.24, 2.45) is 13.0 Å². The molecule has 3 heteroatoms. The van der Waals surface area contributed by atoms with Crippen molar-refractivity contribution in [1.29, 1.82) is 0 Å². The highest BCUT2D eigenvalue weighted by atomic mass is 15.3. The van der Waals surface area contributed by atoms with Crippen LogP contribution in [0.25, 0.3) is 0 Å². The molecule has 1 heterocycles. The highest BCUT2D eigenvalue weighted by Gasteiger charge is 2.19. The lowest BCUT2D eigenvalue weighted by molar-refractivity contribution is 0.279. The van der Waals surface area contributed by atoms with Crippen LogP contribution in [0.1, 0.15) is 44.7 Å². The van der Waals surface area contributed by atoms with Crippen molar-refractivity contribution in [3.63, 3.8) is 0 Å². The number of aryl methyl sites for hydroxylation is 1. The van der Waals surface area contributed by atoms with E-state index in [0.29, 0.717) is 6.04 Å². The van der Waals surface area contributed by atoms with Gasteiger partial charge in [0.1, 0.15) is 0 Å². The molecule has 2 rings (SSSR count). The Balaban J connectivity index is 1.78. The van der Waals surface area contributed by atoms with E-state index in [1.165, 1.54) is 37.8 Å². The number of nitrogens with one attached hydrogen (secondary N) is 1. The van der Waals surface area contributed by atoms with Crippen molar-refractivity contribution in [1.82, 2.24) is 15.1 Å². The largest absolute Gasteiger partial charge is 0.308 e. The van der Waals surface area contributed by atoms with Gasteiger partial charge in [0.25, 0.3) is 0 Å². The van der Waals surface area contributed by atoms with Crippen LogP contribution < -0.4 is 5.32 Å². The van der Waals surface area contributed by atoms with Crippen molar-refractivity contribution in [3.05, 3.63) is 18.0 Å². The summed E-state index contributed by atoms with van der Waals surface area (Å²) in [5.41, 5.74) is 1.27. The van der Waals surface area contributed by atoms with E-state index < -0.39 is 0 Å². The summed E-state index contributed by atoms with van der Waals surface area (Å²) in [5, 5.41) is 7.82. The molecule has 0 amide bonds. The summed E-state index contributed by atoms with van der Waals surface area (Å²) in [7, 11) is 2.00. The summed E-state index contributed by atoms with van der Waals surface area (Å²) in [5.74, 6) is 0.877. The Kier molecular flexibility index (Phi) is 3.99. The van der Waals surface area contributed by atoms with Crippen LogP contribution in [0.2, 0.25) is 0 Å². The zero-order valence-electron chi connectivity index (χ0n) is 10.4. The van der Waals surface area contributed by atoms with Gasteiger partial charge in [-0.15, -0.1) is 0 Å². The Labute approximate surface area is 98.2 Å². The van der Waals surface area contributed by atoms with Gasteiger partial charge in [0.05, 0.1) is 5.69 Å². The Bertz CT molecular complexity index is 313. The molecule has 90 valence electrons. The molecule has 0 aromatic carbocycles. The van der Waals surface area contributed by atoms with E-state index in [0.717, 1.165) is 12.5 Å². The summed E-state index contributed by atoms with van der Waals surface area (Å²) in [4.78, 5) is 0. The van der Waals surface area contributed by atoms with Crippen LogP contribution in [-0.4, -0.2) is 15.8 Å². The van der Waals surface area contributed by atoms with Crippen molar-refractivity contribution >= 4 is 0 Å². The van der Waals surface area contributed by atoms with E-state index in [4.69, 9.17) is 0 Å². The molecule has 1 aliphatic rings. The second-order valence-electron chi connectivity index (χ2n) is 5.01. The molecule has 0 aliphatic heterocycles. The van der Waals surface area contributed by atoms with Crippen molar-refractivity contribution in [2.45, 2.75) is 51.6 Å². The van der Waals surface area contributed by atoms with Gasteiger partial charge in [-0.3, -0.25) is 4.68 Å². The maximum absolute atomic E-state index is 4.18. The first kappa shape index (κ1) is 11.6. The van der Waals surface area contributed by atoms with Gasteiger partial charge in [-0.05, 0) is 31.7 Å². The minimum Gasteiger partial charge on any atom is -0.308 e. The van der Waals surface area contributed by atoms with E-state index in [1.807, 2.05) is 17.9 Å². The fourth-order valence-electron chi connectivity index (χ4n) is 2.64. The number of aromatic nitrogens is 2. The lowest BCUT2D eigenvalue weighted by Gasteiger charge is -2.28. The second kappa shape index (κ2) is 5.48. The van der Waals surface area contributed by atoms with E-state index >= 15 is 0 Å². The minimum absolute atomic E-state index is 0.634. The Morgan fingerprint density at radius 1 is 1.44 bits per heavy atom. The fraction of sp³-hybridized carbons (Fsp3) is 0.769. The number of hydrogen-bond acceptors (Lipinski definition) is 2. The molecule has 1 saturated carbocycles. The topological polar surface area (TPSA) is 29.9 Å². The number of rotatable bonds is 4. The molecule has 0 radical (unpaired) electrons. The molecule has 1 aliphatic carbocycles. The standard InChI is InChI=1S/C13H23N3/c1-11(12-6-4-3-5-7-12)14-10-13-8-9-15-16(13)2/h8-9,11-12,14H,3-7,10H2,1-2H3. The van der Waals surface area contributed by atoms with Crippen molar-refractivity contribution in [2.75, 3.05) is 0 Å². The highest BCUT2D eigenvalue weighted by Crippen LogP contribution is 2.26.